The maximum absolute atomic E-state index is 9.16. The zero-order valence-corrected chi connectivity index (χ0v) is 17.5. The minimum absolute atomic E-state index is 0.132. The second kappa shape index (κ2) is 8.07. The summed E-state index contributed by atoms with van der Waals surface area (Å²) in [5, 5.41) is 17.7. The van der Waals surface area contributed by atoms with E-state index in [0.717, 1.165) is 30.2 Å². The van der Waals surface area contributed by atoms with Crippen LogP contribution in [0, 0.1) is 17.2 Å². The number of aromatic nitrogens is 6. The number of nitrogens with zero attached hydrogens (tertiary/aromatic N) is 8. The molecule has 0 amide bonds. The zero-order valence-electron chi connectivity index (χ0n) is 17.5. The molecule has 0 aliphatic carbocycles. The molecule has 1 aliphatic heterocycles. The standard InChI is InChI=1S/C23H21N9/c1-15-11-31(12-15)22-7-3-6-18(26-22)13-32-14-21(29-30-32)20-9-19(27-23(25)28-20)17-5-2-4-16(8-17)10-24/h2-9,14-15H,11-13H2,1H3,(H2,25,27,28). The number of benzene rings is 1. The van der Waals surface area contributed by atoms with Crippen molar-refractivity contribution in [2.45, 2.75) is 13.5 Å². The van der Waals surface area contributed by atoms with Gasteiger partial charge in [0.2, 0.25) is 5.95 Å². The Hall–Kier alpha value is -4.32. The molecule has 1 aromatic carbocycles. The largest absolute Gasteiger partial charge is 0.368 e. The summed E-state index contributed by atoms with van der Waals surface area (Å²) in [4.78, 5) is 15.7. The average molecular weight is 423 g/mol. The van der Waals surface area contributed by atoms with Crippen molar-refractivity contribution in [2.24, 2.45) is 5.92 Å². The smallest absolute Gasteiger partial charge is 0.221 e. The molecule has 1 saturated heterocycles. The highest BCUT2D eigenvalue weighted by Crippen LogP contribution is 2.25. The van der Waals surface area contributed by atoms with E-state index in [0.29, 0.717) is 35.1 Å². The molecule has 3 aromatic heterocycles. The highest BCUT2D eigenvalue weighted by Gasteiger charge is 2.23. The van der Waals surface area contributed by atoms with Crippen LogP contribution < -0.4 is 10.6 Å². The van der Waals surface area contributed by atoms with Crippen molar-refractivity contribution in [1.29, 1.82) is 5.26 Å². The summed E-state index contributed by atoms with van der Waals surface area (Å²) in [7, 11) is 0. The Labute approximate surface area is 185 Å². The molecule has 158 valence electrons. The number of rotatable bonds is 5. The molecular weight excluding hydrogens is 402 g/mol. The number of hydrogen-bond acceptors (Lipinski definition) is 8. The molecule has 0 spiro atoms. The van der Waals surface area contributed by atoms with Gasteiger partial charge >= 0.3 is 0 Å². The average Bonchev–Trinajstić information content (AvgIpc) is 3.25. The first-order valence-electron chi connectivity index (χ1n) is 10.3. The van der Waals surface area contributed by atoms with Crippen molar-refractivity contribution in [3.63, 3.8) is 0 Å². The maximum atomic E-state index is 9.16. The van der Waals surface area contributed by atoms with Gasteiger partial charge in [-0.05, 0) is 36.2 Å². The van der Waals surface area contributed by atoms with Crippen LogP contribution in [0.1, 0.15) is 18.2 Å². The van der Waals surface area contributed by atoms with E-state index >= 15 is 0 Å². The summed E-state index contributed by atoms with van der Waals surface area (Å²) >= 11 is 0. The molecule has 1 aliphatic rings. The number of hydrogen-bond donors (Lipinski definition) is 1. The van der Waals surface area contributed by atoms with E-state index in [-0.39, 0.29) is 5.95 Å². The number of pyridine rings is 1. The molecule has 0 saturated carbocycles. The zero-order chi connectivity index (χ0) is 22.1. The fourth-order valence-electron chi connectivity index (χ4n) is 3.77. The lowest BCUT2D eigenvalue weighted by Crippen LogP contribution is -2.45. The lowest BCUT2D eigenvalue weighted by atomic mass is 10.0. The van der Waals surface area contributed by atoms with Gasteiger partial charge in [0.1, 0.15) is 11.5 Å². The number of nitriles is 1. The minimum atomic E-state index is 0.132. The van der Waals surface area contributed by atoms with Gasteiger partial charge in [-0.1, -0.05) is 30.3 Å². The second-order valence-electron chi connectivity index (χ2n) is 7.99. The quantitative estimate of drug-likeness (QED) is 0.520. The molecular formula is C23H21N9. The van der Waals surface area contributed by atoms with Crippen LogP contribution in [0.3, 0.4) is 0 Å². The van der Waals surface area contributed by atoms with Gasteiger partial charge in [0, 0.05) is 18.7 Å². The first-order valence-corrected chi connectivity index (χ1v) is 10.3. The highest BCUT2D eigenvalue weighted by molar-refractivity contribution is 5.68. The third-order valence-corrected chi connectivity index (χ3v) is 5.34. The summed E-state index contributed by atoms with van der Waals surface area (Å²) in [5.74, 6) is 1.84. The van der Waals surface area contributed by atoms with E-state index < -0.39 is 0 Å². The SMILES string of the molecule is CC1CN(c2cccc(Cn3cc(-c4cc(-c5cccc(C#N)c5)nc(N)n4)nn3)n2)C1. The monoisotopic (exact) mass is 423 g/mol. The third-order valence-electron chi connectivity index (χ3n) is 5.34. The van der Waals surface area contributed by atoms with Crippen LogP contribution >= 0.6 is 0 Å². The summed E-state index contributed by atoms with van der Waals surface area (Å²) < 4.78 is 1.73. The Balaban J connectivity index is 1.38. The lowest BCUT2D eigenvalue weighted by Gasteiger charge is -2.38. The third kappa shape index (κ3) is 3.98. The van der Waals surface area contributed by atoms with E-state index in [1.807, 2.05) is 36.5 Å². The van der Waals surface area contributed by atoms with Crippen LogP contribution in [-0.4, -0.2) is 43.0 Å². The Bertz CT molecular complexity index is 1320. The molecule has 9 heteroatoms. The molecule has 5 rings (SSSR count). The van der Waals surface area contributed by atoms with Crippen molar-refractivity contribution in [1.82, 2.24) is 29.9 Å². The van der Waals surface area contributed by atoms with Crippen LogP contribution in [0.5, 0.6) is 0 Å². The molecule has 32 heavy (non-hydrogen) atoms. The van der Waals surface area contributed by atoms with Gasteiger partial charge in [-0.25, -0.2) is 19.6 Å². The van der Waals surface area contributed by atoms with Gasteiger partial charge in [-0.2, -0.15) is 5.26 Å². The lowest BCUT2D eigenvalue weighted by molar-refractivity contribution is 0.443. The predicted octanol–water partition coefficient (Wildman–Crippen LogP) is 2.76. The summed E-state index contributed by atoms with van der Waals surface area (Å²) in [6, 6.07) is 17.2. The molecule has 0 bridgehead atoms. The molecule has 0 radical (unpaired) electrons. The Morgan fingerprint density at radius 3 is 2.66 bits per heavy atom. The van der Waals surface area contributed by atoms with Gasteiger partial charge in [-0.3, -0.25) is 0 Å². The van der Waals surface area contributed by atoms with E-state index in [1.165, 1.54) is 0 Å². The molecule has 2 N–H and O–H groups in total. The molecule has 9 nitrogen and oxygen atoms in total. The fraction of sp³-hybridized carbons (Fsp3) is 0.217. The molecule has 4 aromatic rings. The van der Waals surface area contributed by atoms with E-state index in [1.54, 1.807) is 22.9 Å². The van der Waals surface area contributed by atoms with Crippen LogP contribution in [0.4, 0.5) is 11.8 Å². The normalized spacial score (nSPS) is 13.6. The Morgan fingerprint density at radius 1 is 1.03 bits per heavy atom. The van der Waals surface area contributed by atoms with Crippen molar-refractivity contribution in [2.75, 3.05) is 23.7 Å². The fourth-order valence-corrected chi connectivity index (χ4v) is 3.77. The van der Waals surface area contributed by atoms with E-state index in [9.17, 15) is 0 Å². The van der Waals surface area contributed by atoms with E-state index in [4.69, 9.17) is 16.0 Å². The van der Waals surface area contributed by atoms with Gasteiger partial charge < -0.3 is 10.6 Å². The van der Waals surface area contributed by atoms with Crippen LogP contribution in [0.2, 0.25) is 0 Å². The van der Waals surface area contributed by atoms with Crippen molar-refractivity contribution >= 4 is 11.8 Å². The van der Waals surface area contributed by atoms with Gasteiger partial charge in [0.05, 0.1) is 41.5 Å². The van der Waals surface area contributed by atoms with Crippen LogP contribution in [0.25, 0.3) is 22.6 Å². The van der Waals surface area contributed by atoms with Crippen molar-refractivity contribution in [3.8, 4) is 28.7 Å². The molecule has 1 fully saturated rings. The Morgan fingerprint density at radius 2 is 1.84 bits per heavy atom. The summed E-state index contributed by atoms with van der Waals surface area (Å²) in [6.45, 7) is 4.82. The molecule has 0 atom stereocenters. The number of anilines is 2. The van der Waals surface area contributed by atoms with E-state index in [2.05, 4.69) is 38.2 Å². The first-order chi connectivity index (χ1) is 15.6. The Kier molecular flexibility index (Phi) is 4.95. The van der Waals surface area contributed by atoms with Crippen molar-refractivity contribution < 1.29 is 0 Å². The van der Waals surface area contributed by atoms with Gasteiger partial charge in [0.25, 0.3) is 0 Å². The predicted molar refractivity (Wildman–Crippen MR) is 120 cm³/mol. The van der Waals surface area contributed by atoms with Crippen LogP contribution in [-0.2, 0) is 6.54 Å². The summed E-state index contributed by atoms with van der Waals surface area (Å²) in [6.07, 6.45) is 1.82. The molecule has 0 unspecified atom stereocenters. The first kappa shape index (κ1) is 19.6. The van der Waals surface area contributed by atoms with Crippen LogP contribution in [0.15, 0.2) is 54.7 Å². The second-order valence-corrected chi connectivity index (χ2v) is 7.99. The highest BCUT2D eigenvalue weighted by atomic mass is 15.4. The maximum Gasteiger partial charge on any atom is 0.221 e. The van der Waals surface area contributed by atoms with Gasteiger partial charge in [-0.15, -0.1) is 5.10 Å². The van der Waals surface area contributed by atoms with Crippen molar-refractivity contribution in [3.05, 3.63) is 66.0 Å². The topological polar surface area (TPSA) is 122 Å². The van der Waals surface area contributed by atoms with Gasteiger partial charge in [0.15, 0.2) is 0 Å². The molecule has 4 heterocycles. The minimum Gasteiger partial charge on any atom is -0.368 e. The summed E-state index contributed by atoms with van der Waals surface area (Å²) in [5.41, 5.74) is 9.98. The number of nitrogen functional groups attached to an aromatic ring is 1. The number of nitrogens with two attached hydrogens (primary N) is 1.